The number of para-hydroxylation sites is 1. The highest BCUT2D eigenvalue weighted by atomic mass is 16.6. The Morgan fingerprint density at radius 3 is 2.41 bits per heavy atom. The lowest BCUT2D eigenvalue weighted by atomic mass is 9.97. The topological polar surface area (TPSA) is 98.0 Å². The molecule has 1 N–H and O–H groups in total. The largest absolute Gasteiger partial charge is 0.307 e. The van der Waals surface area contributed by atoms with E-state index in [1.54, 1.807) is 0 Å². The molecule has 1 amide bonds. The minimum atomic E-state index is -0.536. The van der Waals surface area contributed by atoms with E-state index in [0.717, 1.165) is 28.4 Å². The minimum absolute atomic E-state index is 0.139. The second-order valence-corrected chi connectivity index (χ2v) is 6.46. The van der Waals surface area contributed by atoms with Crippen molar-refractivity contribution in [2.45, 2.75) is 6.92 Å². The lowest BCUT2D eigenvalue weighted by Gasteiger charge is -2.14. The molecule has 0 atom stereocenters. The van der Waals surface area contributed by atoms with Crippen LogP contribution >= 0.6 is 0 Å². The Bertz CT molecular complexity index is 1220. The van der Waals surface area contributed by atoms with Gasteiger partial charge in [-0.15, -0.1) is 0 Å². The van der Waals surface area contributed by atoms with Crippen molar-refractivity contribution in [2.75, 3.05) is 5.32 Å². The monoisotopic (exact) mass is 384 g/mol. The van der Waals surface area contributed by atoms with E-state index < -0.39 is 4.92 Å². The lowest BCUT2D eigenvalue weighted by molar-refractivity contribution is -0.385. The summed E-state index contributed by atoms with van der Waals surface area (Å²) in [5, 5.41) is 14.3. The van der Waals surface area contributed by atoms with Crippen LogP contribution in [0.25, 0.3) is 22.2 Å². The zero-order chi connectivity index (χ0) is 20.4. The molecule has 0 saturated carbocycles. The number of nitrogens with one attached hydrogen (secondary N) is 1. The third kappa shape index (κ3) is 3.53. The van der Waals surface area contributed by atoms with Crippen molar-refractivity contribution < 1.29 is 9.72 Å². The third-order valence-corrected chi connectivity index (χ3v) is 4.61. The highest BCUT2D eigenvalue weighted by molar-refractivity contribution is 6.14. The maximum atomic E-state index is 13.1. The number of benzene rings is 2. The summed E-state index contributed by atoms with van der Waals surface area (Å²) in [5.74, 6) is -0.109. The summed E-state index contributed by atoms with van der Waals surface area (Å²) in [5.41, 5.74) is 3.45. The van der Waals surface area contributed by atoms with Crippen molar-refractivity contribution >= 4 is 28.3 Å². The van der Waals surface area contributed by atoms with E-state index in [0.29, 0.717) is 11.1 Å². The molecule has 0 aliphatic heterocycles. The molecule has 0 spiro atoms. The predicted octanol–water partition coefficient (Wildman–Crippen LogP) is 4.77. The summed E-state index contributed by atoms with van der Waals surface area (Å²) in [4.78, 5) is 32.1. The predicted molar refractivity (Wildman–Crippen MR) is 111 cm³/mol. The number of hydrogen-bond donors (Lipinski definition) is 1. The Morgan fingerprint density at radius 1 is 1.00 bits per heavy atom. The van der Waals surface area contributed by atoms with E-state index in [-0.39, 0.29) is 17.4 Å². The van der Waals surface area contributed by atoms with Gasteiger partial charge in [0, 0.05) is 17.0 Å². The van der Waals surface area contributed by atoms with Crippen LogP contribution in [0.2, 0.25) is 0 Å². The number of amides is 1. The van der Waals surface area contributed by atoms with Gasteiger partial charge in [0.2, 0.25) is 0 Å². The first-order chi connectivity index (χ1) is 14.0. The summed E-state index contributed by atoms with van der Waals surface area (Å²) in [6.07, 6.45) is 1.11. The Hall–Kier alpha value is -4.13. The second-order valence-electron chi connectivity index (χ2n) is 6.46. The van der Waals surface area contributed by atoms with Gasteiger partial charge in [-0.25, -0.2) is 9.97 Å². The van der Waals surface area contributed by atoms with Crippen LogP contribution < -0.4 is 5.32 Å². The van der Waals surface area contributed by atoms with Crippen molar-refractivity contribution in [3.63, 3.8) is 0 Å². The quantitative estimate of drug-likeness (QED) is 0.404. The average Bonchev–Trinajstić information content (AvgIpc) is 2.74. The summed E-state index contributed by atoms with van der Waals surface area (Å²) in [6, 6.07) is 19.8. The molecule has 2 heterocycles. The number of anilines is 1. The number of aromatic nitrogens is 2. The van der Waals surface area contributed by atoms with Crippen LogP contribution in [0.4, 0.5) is 11.5 Å². The smallest absolute Gasteiger partial charge is 0.287 e. The van der Waals surface area contributed by atoms with Crippen molar-refractivity contribution in [3.8, 4) is 11.3 Å². The van der Waals surface area contributed by atoms with Gasteiger partial charge < -0.3 is 5.32 Å². The lowest BCUT2D eigenvalue weighted by Crippen LogP contribution is -2.16. The molecule has 0 unspecified atom stereocenters. The first-order valence-corrected chi connectivity index (χ1v) is 8.91. The van der Waals surface area contributed by atoms with Crippen molar-refractivity contribution in [3.05, 3.63) is 94.2 Å². The molecule has 0 saturated heterocycles. The van der Waals surface area contributed by atoms with E-state index in [1.807, 2.05) is 61.5 Å². The molecule has 2 aromatic carbocycles. The molecule has 0 aliphatic carbocycles. The van der Waals surface area contributed by atoms with Gasteiger partial charge in [-0.1, -0.05) is 48.5 Å². The van der Waals surface area contributed by atoms with Crippen molar-refractivity contribution in [2.24, 2.45) is 0 Å². The van der Waals surface area contributed by atoms with Crippen molar-refractivity contribution in [1.82, 2.24) is 9.97 Å². The molecule has 0 aliphatic rings. The van der Waals surface area contributed by atoms with E-state index in [4.69, 9.17) is 4.98 Å². The van der Waals surface area contributed by atoms with E-state index in [9.17, 15) is 14.9 Å². The summed E-state index contributed by atoms with van der Waals surface area (Å²) >= 11 is 0. The fourth-order valence-corrected chi connectivity index (χ4v) is 3.22. The first-order valence-electron chi connectivity index (χ1n) is 8.91. The molecule has 0 bridgehead atoms. The van der Waals surface area contributed by atoms with Crippen LogP contribution in [0.3, 0.4) is 0 Å². The van der Waals surface area contributed by atoms with Crippen molar-refractivity contribution in [1.29, 1.82) is 0 Å². The summed E-state index contributed by atoms with van der Waals surface area (Å²) in [6.45, 7) is 1.86. The minimum Gasteiger partial charge on any atom is -0.307 e. The van der Waals surface area contributed by atoms with Gasteiger partial charge in [-0.05, 0) is 24.6 Å². The number of nitro groups is 1. The highest BCUT2D eigenvalue weighted by Crippen LogP contribution is 2.30. The van der Waals surface area contributed by atoms with Gasteiger partial charge in [0.15, 0.2) is 0 Å². The third-order valence-electron chi connectivity index (χ3n) is 4.61. The molecule has 0 radical (unpaired) electrons. The molecule has 142 valence electrons. The summed E-state index contributed by atoms with van der Waals surface area (Å²) < 4.78 is 0. The van der Waals surface area contributed by atoms with Gasteiger partial charge in [0.05, 0.1) is 21.7 Å². The average molecular weight is 384 g/mol. The molecule has 4 rings (SSSR count). The number of rotatable bonds is 4. The highest BCUT2D eigenvalue weighted by Gasteiger charge is 2.19. The zero-order valence-electron chi connectivity index (χ0n) is 15.5. The first kappa shape index (κ1) is 18.2. The van der Waals surface area contributed by atoms with Crippen LogP contribution in [-0.2, 0) is 0 Å². The SMILES string of the molecule is Cc1c(-c2ccccc2)nc2ccccc2c1C(=O)Nc1ccc([N+](=O)[O-])cn1. The Morgan fingerprint density at radius 2 is 1.72 bits per heavy atom. The van der Waals surface area contributed by atoms with Gasteiger partial charge in [-0.2, -0.15) is 0 Å². The molecule has 0 fully saturated rings. The molecule has 29 heavy (non-hydrogen) atoms. The fourth-order valence-electron chi connectivity index (χ4n) is 3.22. The number of carbonyl (C=O) groups excluding carboxylic acids is 1. The number of fused-ring (bicyclic) bond motifs is 1. The van der Waals surface area contributed by atoms with Crippen LogP contribution in [0.15, 0.2) is 72.9 Å². The zero-order valence-corrected chi connectivity index (χ0v) is 15.5. The van der Waals surface area contributed by atoms with Gasteiger partial charge >= 0.3 is 0 Å². The maximum absolute atomic E-state index is 13.1. The number of carbonyl (C=O) groups is 1. The van der Waals surface area contributed by atoms with E-state index >= 15 is 0 Å². The normalized spacial score (nSPS) is 10.7. The second kappa shape index (κ2) is 7.47. The molecular weight excluding hydrogens is 368 g/mol. The van der Waals surface area contributed by atoms with Crippen LogP contribution in [-0.4, -0.2) is 20.8 Å². The summed E-state index contributed by atoms with van der Waals surface area (Å²) in [7, 11) is 0. The van der Waals surface area contributed by atoms with Crippen LogP contribution in [0.1, 0.15) is 15.9 Å². The number of pyridine rings is 2. The molecule has 4 aromatic rings. The van der Waals surface area contributed by atoms with Gasteiger partial charge in [0.1, 0.15) is 12.0 Å². The van der Waals surface area contributed by atoms with Crippen LogP contribution in [0.5, 0.6) is 0 Å². The standard InChI is InChI=1S/C22H16N4O3/c1-14-20(22(27)25-19-12-11-16(13-23-19)26(28)29)17-9-5-6-10-18(17)24-21(14)15-7-3-2-4-8-15/h2-13H,1H3,(H,23,25,27). The fraction of sp³-hybridized carbons (Fsp3) is 0.0455. The van der Waals surface area contributed by atoms with E-state index in [2.05, 4.69) is 10.3 Å². The Labute approximate surface area is 166 Å². The Kier molecular flexibility index (Phi) is 4.70. The Balaban J connectivity index is 1.80. The molecule has 7 heteroatoms. The number of hydrogen-bond acceptors (Lipinski definition) is 5. The van der Waals surface area contributed by atoms with Gasteiger partial charge in [0.25, 0.3) is 11.6 Å². The van der Waals surface area contributed by atoms with Gasteiger partial charge in [-0.3, -0.25) is 14.9 Å². The molecule has 7 nitrogen and oxygen atoms in total. The molecular formula is C22H16N4O3. The maximum Gasteiger partial charge on any atom is 0.287 e. The number of nitrogens with zero attached hydrogens (tertiary/aromatic N) is 3. The molecule has 2 aromatic heterocycles. The van der Waals surface area contributed by atoms with Crippen LogP contribution in [0, 0.1) is 17.0 Å². The van der Waals surface area contributed by atoms with E-state index in [1.165, 1.54) is 12.1 Å².